The van der Waals surface area contributed by atoms with Gasteiger partial charge in [0.05, 0.1) is 6.54 Å². The fourth-order valence-electron chi connectivity index (χ4n) is 4.47. The van der Waals surface area contributed by atoms with Crippen molar-refractivity contribution >= 4 is 38.9 Å². The maximum Gasteiger partial charge on any atom is 0.332 e. The summed E-state index contributed by atoms with van der Waals surface area (Å²) in [5.41, 5.74) is 1.62. The molecule has 1 fully saturated rings. The highest BCUT2D eigenvalue weighted by atomic mass is 79.9. The summed E-state index contributed by atoms with van der Waals surface area (Å²) in [7, 11) is 3.11. The standard InChI is InChI=1S/C25H25BrN6O3/c1-28-21-20(23(34)29(2)25(28)35)32(16-17-8-10-19(26)11-9-17)24(27-21)31-14-12-30(13-15-31)22(33)18-6-4-3-5-7-18/h3-11H,12-16H2,1-2H3. The molecule has 2 aromatic heterocycles. The Balaban J connectivity index is 1.52. The largest absolute Gasteiger partial charge is 0.339 e. The maximum atomic E-state index is 13.2. The van der Waals surface area contributed by atoms with Crippen molar-refractivity contribution in [2.45, 2.75) is 6.54 Å². The number of benzene rings is 2. The van der Waals surface area contributed by atoms with Crippen molar-refractivity contribution in [2.75, 3.05) is 31.1 Å². The van der Waals surface area contributed by atoms with Crippen LogP contribution in [0.15, 0.2) is 68.7 Å². The van der Waals surface area contributed by atoms with E-state index in [0.29, 0.717) is 55.4 Å². The lowest BCUT2D eigenvalue weighted by atomic mass is 10.2. The average Bonchev–Trinajstić information content (AvgIpc) is 3.27. The monoisotopic (exact) mass is 536 g/mol. The predicted octanol–water partition coefficient (Wildman–Crippen LogP) is 2.21. The van der Waals surface area contributed by atoms with Crippen LogP contribution >= 0.6 is 15.9 Å². The molecular formula is C25H25BrN6O3. The van der Waals surface area contributed by atoms with E-state index in [2.05, 4.69) is 20.8 Å². The van der Waals surface area contributed by atoms with E-state index in [1.807, 2.05) is 64.1 Å². The van der Waals surface area contributed by atoms with Crippen molar-refractivity contribution in [1.82, 2.24) is 23.6 Å². The highest BCUT2D eigenvalue weighted by Gasteiger charge is 2.27. The summed E-state index contributed by atoms with van der Waals surface area (Å²) in [6, 6.07) is 17.1. The number of hydrogen-bond donors (Lipinski definition) is 0. The van der Waals surface area contributed by atoms with E-state index in [0.717, 1.165) is 14.6 Å². The van der Waals surface area contributed by atoms with Gasteiger partial charge in [-0.1, -0.05) is 46.3 Å². The number of piperazine rings is 1. The molecule has 10 heteroatoms. The van der Waals surface area contributed by atoms with Crippen LogP contribution in [0.2, 0.25) is 0 Å². The van der Waals surface area contributed by atoms with Crippen molar-refractivity contribution in [3.05, 3.63) is 91.0 Å². The molecule has 9 nitrogen and oxygen atoms in total. The molecular weight excluding hydrogens is 512 g/mol. The van der Waals surface area contributed by atoms with Crippen LogP contribution in [0.1, 0.15) is 15.9 Å². The van der Waals surface area contributed by atoms with E-state index in [-0.39, 0.29) is 11.5 Å². The molecule has 0 spiro atoms. The van der Waals surface area contributed by atoms with Crippen LogP contribution in [0.4, 0.5) is 5.95 Å². The third-order valence-electron chi connectivity index (χ3n) is 6.45. The molecule has 5 rings (SSSR count). The molecule has 0 saturated carbocycles. The third kappa shape index (κ3) is 4.18. The normalized spacial score (nSPS) is 14.0. The van der Waals surface area contributed by atoms with Crippen molar-refractivity contribution in [3.8, 4) is 0 Å². The molecule has 0 radical (unpaired) electrons. The van der Waals surface area contributed by atoms with Crippen molar-refractivity contribution in [3.63, 3.8) is 0 Å². The van der Waals surface area contributed by atoms with Crippen LogP contribution in [0.25, 0.3) is 11.2 Å². The number of carbonyl (C=O) groups is 1. The highest BCUT2D eigenvalue weighted by Crippen LogP contribution is 2.23. The summed E-state index contributed by atoms with van der Waals surface area (Å²) in [5, 5.41) is 0. The van der Waals surface area contributed by atoms with Gasteiger partial charge in [0.1, 0.15) is 0 Å². The van der Waals surface area contributed by atoms with E-state index in [1.54, 1.807) is 7.05 Å². The van der Waals surface area contributed by atoms with Crippen molar-refractivity contribution in [1.29, 1.82) is 0 Å². The molecule has 1 saturated heterocycles. The zero-order valence-corrected chi connectivity index (χ0v) is 21.1. The van der Waals surface area contributed by atoms with Gasteiger partial charge in [0.15, 0.2) is 11.2 Å². The summed E-state index contributed by atoms with van der Waals surface area (Å²) in [6.45, 7) is 2.63. The summed E-state index contributed by atoms with van der Waals surface area (Å²) >= 11 is 3.46. The average molecular weight is 537 g/mol. The van der Waals surface area contributed by atoms with E-state index in [4.69, 9.17) is 4.98 Å². The van der Waals surface area contributed by atoms with Crippen LogP contribution in [-0.2, 0) is 20.6 Å². The van der Waals surface area contributed by atoms with Gasteiger partial charge in [-0.05, 0) is 29.8 Å². The number of rotatable bonds is 4. The Kier molecular flexibility index (Phi) is 6.06. The Hall–Kier alpha value is -3.66. The SMILES string of the molecule is Cn1c(=O)c2c(nc(N3CCN(C(=O)c4ccccc4)CC3)n2Cc2ccc(Br)cc2)n(C)c1=O. The van der Waals surface area contributed by atoms with Gasteiger partial charge in [-0.25, -0.2) is 4.79 Å². The van der Waals surface area contributed by atoms with Gasteiger partial charge in [-0.2, -0.15) is 4.98 Å². The lowest BCUT2D eigenvalue weighted by molar-refractivity contribution is 0.0746. The Bertz CT molecular complexity index is 1510. The minimum Gasteiger partial charge on any atom is -0.339 e. The summed E-state index contributed by atoms with van der Waals surface area (Å²) in [5.74, 6) is 0.623. The molecule has 1 aliphatic rings. The molecule has 180 valence electrons. The molecule has 1 amide bonds. The molecule has 3 heterocycles. The predicted molar refractivity (Wildman–Crippen MR) is 138 cm³/mol. The second-order valence-electron chi connectivity index (χ2n) is 8.65. The molecule has 0 aliphatic carbocycles. The van der Waals surface area contributed by atoms with Crippen molar-refractivity contribution in [2.24, 2.45) is 14.1 Å². The van der Waals surface area contributed by atoms with Gasteiger partial charge >= 0.3 is 5.69 Å². The highest BCUT2D eigenvalue weighted by molar-refractivity contribution is 9.10. The first-order chi connectivity index (χ1) is 16.8. The number of nitrogens with zero attached hydrogens (tertiary/aromatic N) is 6. The molecule has 0 unspecified atom stereocenters. The lowest BCUT2D eigenvalue weighted by Gasteiger charge is -2.35. The van der Waals surface area contributed by atoms with Gasteiger partial charge in [-0.3, -0.25) is 23.3 Å². The number of carbonyl (C=O) groups excluding carboxylic acids is 1. The molecule has 1 aliphatic heterocycles. The third-order valence-corrected chi connectivity index (χ3v) is 6.98. The molecule has 0 N–H and O–H groups in total. The smallest absolute Gasteiger partial charge is 0.332 e. The number of hydrogen-bond acceptors (Lipinski definition) is 5. The minimum atomic E-state index is -0.416. The van der Waals surface area contributed by atoms with Crippen LogP contribution in [0, 0.1) is 0 Å². The first-order valence-corrected chi connectivity index (χ1v) is 12.1. The van der Waals surface area contributed by atoms with Crippen LogP contribution < -0.4 is 16.1 Å². The van der Waals surface area contributed by atoms with Crippen molar-refractivity contribution < 1.29 is 4.79 Å². The van der Waals surface area contributed by atoms with Gasteiger partial charge < -0.3 is 9.80 Å². The number of aryl methyl sites for hydroxylation is 1. The second-order valence-corrected chi connectivity index (χ2v) is 9.56. The van der Waals surface area contributed by atoms with Crippen LogP contribution in [-0.4, -0.2) is 55.7 Å². The number of amides is 1. The van der Waals surface area contributed by atoms with E-state index >= 15 is 0 Å². The van der Waals surface area contributed by atoms with Gasteiger partial charge in [0, 0.05) is 50.3 Å². The molecule has 4 aromatic rings. The number of fused-ring (bicyclic) bond motifs is 1. The Morgan fingerprint density at radius 3 is 2.23 bits per heavy atom. The molecule has 35 heavy (non-hydrogen) atoms. The Morgan fingerprint density at radius 2 is 1.57 bits per heavy atom. The zero-order valence-electron chi connectivity index (χ0n) is 19.5. The van der Waals surface area contributed by atoms with Gasteiger partial charge in [0.2, 0.25) is 5.95 Å². The maximum absolute atomic E-state index is 13.2. The molecule has 0 atom stereocenters. The molecule has 0 bridgehead atoms. The minimum absolute atomic E-state index is 0.00452. The topological polar surface area (TPSA) is 85.4 Å². The fourth-order valence-corrected chi connectivity index (χ4v) is 4.74. The number of aromatic nitrogens is 4. The summed E-state index contributed by atoms with van der Waals surface area (Å²) in [4.78, 5) is 47.3. The van der Waals surface area contributed by atoms with Gasteiger partial charge in [-0.15, -0.1) is 0 Å². The first-order valence-electron chi connectivity index (χ1n) is 11.3. The van der Waals surface area contributed by atoms with E-state index in [1.165, 1.54) is 11.6 Å². The Labute approximate surface area is 210 Å². The summed E-state index contributed by atoms with van der Waals surface area (Å²) < 4.78 is 5.37. The van der Waals surface area contributed by atoms with Crippen LogP contribution in [0.5, 0.6) is 0 Å². The van der Waals surface area contributed by atoms with E-state index in [9.17, 15) is 14.4 Å². The van der Waals surface area contributed by atoms with Gasteiger partial charge in [0.25, 0.3) is 11.5 Å². The number of imidazole rings is 1. The van der Waals surface area contributed by atoms with Crippen LogP contribution in [0.3, 0.4) is 0 Å². The Morgan fingerprint density at radius 1 is 0.914 bits per heavy atom. The second kappa shape index (κ2) is 9.18. The molecule has 2 aromatic carbocycles. The lowest BCUT2D eigenvalue weighted by Crippen LogP contribution is -2.49. The fraction of sp³-hybridized carbons (Fsp3) is 0.280. The number of halogens is 1. The zero-order chi connectivity index (χ0) is 24.7. The number of anilines is 1. The quantitative estimate of drug-likeness (QED) is 0.399. The summed E-state index contributed by atoms with van der Waals surface area (Å²) in [6.07, 6.45) is 0. The first kappa shape index (κ1) is 23.1. The van der Waals surface area contributed by atoms with E-state index < -0.39 is 5.69 Å².